The van der Waals surface area contributed by atoms with Crippen LogP contribution >= 0.6 is 0 Å². The van der Waals surface area contributed by atoms with Crippen LogP contribution in [0.5, 0.6) is 17.2 Å². The van der Waals surface area contributed by atoms with Crippen LogP contribution in [-0.2, 0) is 4.74 Å². The largest absolute Gasteiger partial charge is 0.493 e. The lowest BCUT2D eigenvalue weighted by atomic mass is 10.2. The van der Waals surface area contributed by atoms with Gasteiger partial charge in [-0.25, -0.2) is 4.79 Å². The Morgan fingerprint density at radius 1 is 0.909 bits per heavy atom. The number of esters is 1. The molecule has 0 aromatic heterocycles. The maximum Gasteiger partial charge on any atom is 0.338 e. The van der Waals surface area contributed by atoms with Gasteiger partial charge in [0.15, 0.2) is 11.5 Å². The molecule has 0 atom stereocenters. The van der Waals surface area contributed by atoms with Gasteiger partial charge in [-0.15, -0.1) is 0 Å². The summed E-state index contributed by atoms with van der Waals surface area (Å²) in [5, 5.41) is 0. The molecule has 0 radical (unpaired) electrons. The Kier molecular flexibility index (Phi) is 9.59. The summed E-state index contributed by atoms with van der Waals surface area (Å²) in [6.45, 7) is 6.40. The number of benzene rings is 2. The summed E-state index contributed by atoms with van der Waals surface area (Å²) in [6.07, 6.45) is 5.20. The Balaban J connectivity index is 1.36. The summed E-state index contributed by atoms with van der Waals surface area (Å²) in [5.74, 6) is 0.913. The van der Waals surface area contributed by atoms with Crippen LogP contribution in [0.4, 0.5) is 0 Å². The van der Waals surface area contributed by atoms with E-state index < -0.39 is 5.97 Å². The lowest BCUT2D eigenvalue weighted by molar-refractivity contribution is 0.0477. The van der Waals surface area contributed by atoms with Crippen molar-refractivity contribution < 1.29 is 23.7 Å². The summed E-state index contributed by atoms with van der Waals surface area (Å²) >= 11 is 0. The monoisotopic (exact) mass is 454 g/mol. The SMILES string of the molecule is COc1cc(C(=O)OCCCN2CCN(C/C=C/c3ccccc3)CC2)cc(OC)c1OC. The molecule has 0 saturated carbocycles. The van der Waals surface area contributed by atoms with E-state index in [0.717, 1.165) is 45.7 Å². The van der Waals surface area contributed by atoms with Gasteiger partial charge in [0.25, 0.3) is 0 Å². The third kappa shape index (κ3) is 7.23. The second kappa shape index (κ2) is 12.9. The molecule has 178 valence electrons. The van der Waals surface area contributed by atoms with E-state index in [2.05, 4.69) is 46.2 Å². The fourth-order valence-corrected chi connectivity index (χ4v) is 3.83. The van der Waals surface area contributed by atoms with Crippen LogP contribution < -0.4 is 14.2 Å². The molecule has 1 heterocycles. The molecule has 7 heteroatoms. The van der Waals surface area contributed by atoms with Crippen molar-refractivity contribution in [2.75, 3.05) is 67.2 Å². The third-order valence-corrected chi connectivity index (χ3v) is 5.69. The van der Waals surface area contributed by atoms with Crippen LogP contribution in [0.25, 0.3) is 6.08 Å². The Hall–Kier alpha value is -3.03. The van der Waals surface area contributed by atoms with Crippen molar-refractivity contribution in [3.8, 4) is 17.2 Å². The zero-order chi connectivity index (χ0) is 23.5. The maximum absolute atomic E-state index is 12.5. The number of ether oxygens (including phenoxy) is 4. The van der Waals surface area contributed by atoms with Crippen molar-refractivity contribution in [3.63, 3.8) is 0 Å². The highest BCUT2D eigenvalue weighted by molar-refractivity contribution is 5.91. The molecule has 3 rings (SSSR count). The van der Waals surface area contributed by atoms with E-state index in [0.29, 0.717) is 29.4 Å². The lowest BCUT2D eigenvalue weighted by Gasteiger charge is -2.34. The van der Waals surface area contributed by atoms with Gasteiger partial charge in [-0.3, -0.25) is 4.90 Å². The van der Waals surface area contributed by atoms with Crippen molar-refractivity contribution >= 4 is 12.0 Å². The molecule has 1 fully saturated rings. The molecule has 0 bridgehead atoms. The van der Waals surface area contributed by atoms with Gasteiger partial charge in [0.1, 0.15) is 0 Å². The number of rotatable bonds is 11. The van der Waals surface area contributed by atoms with Gasteiger partial charge in [0, 0.05) is 39.3 Å². The molecule has 1 aliphatic heterocycles. The first-order chi connectivity index (χ1) is 16.1. The molecule has 0 spiro atoms. The highest BCUT2D eigenvalue weighted by Crippen LogP contribution is 2.38. The van der Waals surface area contributed by atoms with E-state index in [1.807, 2.05) is 6.07 Å². The number of carbonyl (C=O) groups is 1. The van der Waals surface area contributed by atoms with Crippen LogP contribution in [0.15, 0.2) is 48.5 Å². The van der Waals surface area contributed by atoms with E-state index in [1.165, 1.54) is 26.9 Å². The maximum atomic E-state index is 12.5. The molecule has 0 N–H and O–H groups in total. The molecular weight excluding hydrogens is 420 g/mol. The van der Waals surface area contributed by atoms with Gasteiger partial charge in [0.05, 0.1) is 33.5 Å². The van der Waals surface area contributed by atoms with Gasteiger partial charge in [-0.05, 0) is 24.1 Å². The molecule has 1 aliphatic rings. The fourth-order valence-electron chi connectivity index (χ4n) is 3.83. The smallest absolute Gasteiger partial charge is 0.338 e. The van der Waals surface area contributed by atoms with Crippen LogP contribution in [-0.4, -0.2) is 83.0 Å². The fraction of sp³-hybridized carbons (Fsp3) is 0.423. The van der Waals surface area contributed by atoms with Gasteiger partial charge < -0.3 is 23.8 Å². The van der Waals surface area contributed by atoms with E-state index in [9.17, 15) is 4.79 Å². The highest BCUT2D eigenvalue weighted by atomic mass is 16.5. The lowest BCUT2D eigenvalue weighted by Crippen LogP contribution is -2.46. The average Bonchev–Trinajstić information content (AvgIpc) is 2.87. The second-order valence-electron chi connectivity index (χ2n) is 7.86. The second-order valence-corrected chi connectivity index (χ2v) is 7.86. The summed E-state index contributed by atoms with van der Waals surface area (Å²) in [5.41, 5.74) is 1.61. The quantitative estimate of drug-likeness (QED) is 0.380. The van der Waals surface area contributed by atoms with Crippen molar-refractivity contribution in [1.82, 2.24) is 9.80 Å². The topological polar surface area (TPSA) is 60.5 Å². The molecule has 2 aromatic carbocycles. The highest BCUT2D eigenvalue weighted by Gasteiger charge is 2.19. The molecule has 0 amide bonds. The third-order valence-electron chi connectivity index (χ3n) is 5.69. The number of piperazine rings is 1. The van der Waals surface area contributed by atoms with E-state index >= 15 is 0 Å². The van der Waals surface area contributed by atoms with Gasteiger partial charge in [-0.2, -0.15) is 0 Å². The molecule has 1 saturated heterocycles. The molecule has 2 aromatic rings. The number of hydrogen-bond acceptors (Lipinski definition) is 7. The zero-order valence-electron chi connectivity index (χ0n) is 19.8. The number of nitrogens with zero attached hydrogens (tertiary/aromatic N) is 2. The van der Waals surface area contributed by atoms with Crippen LogP contribution in [0.2, 0.25) is 0 Å². The Morgan fingerprint density at radius 2 is 1.55 bits per heavy atom. The summed E-state index contributed by atoms with van der Waals surface area (Å²) < 4.78 is 21.4. The predicted molar refractivity (Wildman–Crippen MR) is 129 cm³/mol. The normalized spacial score (nSPS) is 14.9. The van der Waals surface area contributed by atoms with E-state index in [4.69, 9.17) is 18.9 Å². The molecule has 33 heavy (non-hydrogen) atoms. The van der Waals surface area contributed by atoms with Crippen molar-refractivity contribution in [3.05, 3.63) is 59.7 Å². The summed E-state index contributed by atoms with van der Waals surface area (Å²) in [7, 11) is 4.57. The van der Waals surface area contributed by atoms with E-state index in [1.54, 1.807) is 12.1 Å². The zero-order valence-corrected chi connectivity index (χ0v) is 19.8. The first-order valence-corrected chi connectivity index (χ1v) is 11.3. The first-order valence-electron chi connectivity index (χ1n) is 11.3. The van der Waals surface area contributed by atoms with Crippen LogP contribution in [0.3, 0.4) is 0 Å². The van der Waals surface area contributed by atoms with Gasteiger partial charge in [-0.1, -0.05) is 42.5 Å². The van der Waals surface area contributed by atoms with Crippen molar-refractivity contribution in [2.24, 2.45) is 0 Å². The summed E-state index contributed by atoms with van der Waals surface area (Å²) in [4.78, 5) is 17.4. The van der Waals surface area contributed by atoms with Gasteiger partial charge in [0.2, 0.25) is 5.75 Å². The Bertz CT molecular complexity index is 883. The predicted octanol–water partition coefficient (Wildman–Crippen LogP) is 3.59. The minimum atomic E-state index is -0.399. The van der Waals surface area contributed by atoms with Crippen molar-refractivity contribution in [2.45, 2.75) is 6.42 Å². The molecule has 0 aliphatic carbocycles. The Morgan fingerprint density at radius 3 is 2.15 bits per heavy atom. The molecule has 0 unspecified atom stereocenters. The first kappa shape index (κ1) is 24.6. The van der Waals surface area contributed by atoms with Crippen LogP contribution in [0.1, 0.15) is 22.3 Å². The van der Waals surface area contributed by atoms with E-state index in [-0.39, 0.29) is 0 Å². The number of carbonyl (C=O) groups excluding carboxylic acids is 1. The molecule has 7 nitrogen and oxygen atoms in total. The minimum Gasteiger partial charge on any atom is -0.493 e. The van der Waals surface area contributed by atoms with Crippen LogP contribution in [0, 0.1) is 0 Å². The standard InChI is InChI=1S/C26H34N2O5/c1-30-23-19-22(20-24(31-2)25(23)32-3)26(29)33-18-8-13-28-16-14-27(15-17-28)12-7-11-21-9-5-4-6-10-21/h4-7,9-11,19-20H,8,12-18H2,1-3H3/b11-7+. The number of methoxy groups -OCH3 is 3. The van der Waals surface area contributed by atoms with Gasteiger partial charge >= 0.3 is 5.97 Å². The molecular formula is C26H34N2O5. The summed E-state index contributed by atoms with van der Waals surface area (Å²) in [6, 6.07) is 13.6. The number of hydrogen-bond donors (Lipinski definition) is 0. The average molecular weight is 455 g/mol. The Labute approximate surface area is 196 Å². The minimum absolute atomic E-state index is 0.371. The van der Waals surface area contributed by atoms with Crippen molar-refractivity contribution in [1.29, 1.82) is 0 Å².